The van der Waals surface area contributed by atoms with Gasteiger partial charge in [-0.1, -0.05) is 26.0 Å². The number of nitrogens with two attached hydrogens (primary N) is 1. The predicted molar refractivity (Wildman–Crippen MR) is 99.3 cm³/mol. The number of aliphatic hydroxyl groups is 1. The van der Waals surface area contributed by atoms with Gasteiger partial charge in [0.2, 0.25) is 5.95 Å². The van der Waals surface area contributed by atoms with Crippen LogP contribution in [0.15, 0.2) is 30.5 Å². The van der Waals surface area contributed by atoms with Crippen molar-refractivity contribution < 1.29 is 14.3 Å². The molecule has 27 heavy (non-hydrogen) atoms. The predicted octanol–water partition coefficient (Wildman–Crippen LogP) is 1.17. The Bertz CT molecular complexity index is 825. The van der Waals surface area contributed by atoms with Crippen LogP contribution in [-0.2, 0) is 23.2 Å². The lowest BCUT2D eigenvalue weighted by molar-refractivity contribution is -0.136. The molecule has 0 spiro atoms. The Morgan fingerprint density at radius 3 is 2.78 bits per heavy atom. The highest BCUT2D eigenvalue weighted by atomic mass is 19.1. The number of fused-ring (bicyclic) bond motifs is 1. The number of nitrogens with zero attached hydrogens (tertiary/aromatic N) is 3. The van der Waals surface area contributed by atoms with Gasteiger partial charge in [0.25, 0.3) is 5.91 Å². The largest absolute Gasteiger partial charge is 0.370 e. The van der Waals surface area contributed by atoms with Gasteiger partial charge in [0.05, 0.1) is 5.69 Å². The molecule has 0 fully saturated rings. The zero-order valence-electron chi connectivity index (χ0n) is 15.4. The number of carbonyl (C=O) groups excluding carboxylic acids is 1. The molecule has 1 amide bonds. The summed E-state index contributed by atoms with van der Waals surface area (Å²) < 4.78 is 13.1. The topological polar surface area (TPSA) is 104 Å². The first kappa shape index (κ1) is 19.2. The standard InChI is InChI=1S/C19H24FN5O2/c1-19(2,13-3-5-14(20)6-4-13)11-23-18-22-9-12-7-8-25(10-15(12)24-18)17(27)16(21)26/h3-6,9,17,27H,7-8,10-11H2,1-2H3,(H2,21,26)(H,22,23,24). The van der Waals surface area contributed by atoms with Crippen molar-refractivity contribution in [3.05, 3.63) is 53.1 Å². The third-order valence-electron chi connectivity index (χ3n) is 4.89. The number of carbonyl (C=O) groups is 1. The van der Waals surface area contributed by atoms with E-state index in [1.54, 1.807) is 23.2 Å². The highest BCUT2D eigenvalue weighted by molar-refractivity contribution is 5.78. The third-order valence-corrected chi connectivity index (χ3v) is 4.89. The Kier molecular flexibility index (Phi) is 5.38. The van der Waals surface area contributed by atoms with E-state index in [1.807, 2.05) is 0 Å². The van der Waals surface area contributed by atoms with Crippen LogP contribution < -0.4 is 11.1 Å². The molecule has 1 aliphatic rings. The van der Waals surface area contributed by atoms with Crippen molar-refractivity contribution in [2.45, 2.75) is 38.5 Å². The maximum absolute atomic E-state index is 13.1. The molecule has 1 aromatic carbocycles. The number of amides is 1. The average Bonchev–Trinajstić information content (AvgIpc) is 2.65. The normalized spacial score (nSPS) is 15.9. The average molecular weight is 373 g/mol. The van der Waals surface area contributed by atoms with Crippen LogP contribution in [0.5, 0.6) is 0 Å². The molecule has 1 aliphatic heterocycles. The molecule has 1 atom stereocenters. The van der Waals surface area contributed by atoms with Crippen LogP contribution in [0.25, 0.3) is 0 Å². The fraction of sp³-hybridized carbons (Fsp3) is 0.421. The van der Waals surface area contributed by atoms with E-state index in [0.29, 0.717) is 32.0 Å². The quantitative estimate of drug-likeness (QED) is 0.702. The maximum atomic E-state index is 13.1. The second kappa shape index (κ2) is 7.58. The minimum atomic E-state index is -1.32. The van der Waals surface area contributed by atoms with E-state index in [2.05, 4.69) is 29.1 Å². The lowest BCUT2D eigenvalue weighted by Crippen LogP contribution is -2.47. The summed E-state index contributed by atoms with van der Waals surface area (Å²) in [5.41, 5.74) is 7.69. The van der Waals surface area contributed by atoms with Crippen molar-refractivity contribution in [1.82, 2.24) is 14.9 Å². The molecule has 0 radical (unpaired) electrons. The van der Waals surface area contributed by atoms with Crippen LogP contribution in [0.3, 0.4) is 0 Å². The van der Waals surface area contributed by atoms with E-state index in [0.717, 1.165) is 16.8 Å². The Balaban J connectivity index is 1.69. The summed E-state index contributed by atoms with van der Waals surface area (Å²) in [7, 11) is 0. The smallest absolute Gasteiger partial charge is 0.261 e. The minimum absolute atomic E-state index is 0.249. The van der Waals surface area contributed by atoms with E-state index >= 15 is 0 Å². The number of halogens is 1. The second-order valence-electron chi connectivity index (χ2n) is 7.41. The molecule has 2 aromatic rings. The van der Waals surface area contributed by atoms with Gasteiger partial charge < -0.3 is 16.2 Å². The van der Waals surface area contributed by atoms with Gasteiger partial charge >= 0.3 is 0 Å². The number of hydrogen-bond acceptors (Lipinski definition) is 6. The van der Waals surface area contributed by atoms with Gasteiger partial charge in [0.15, 0.2) is 6.23 Å². The van der Waals surface area contributed by atoms with Crippen molar-refractivity contribution in [2.24, 2.45) is 5.73 Å². The summed E-state index contributed by atoms with van der Waals surface area (Å²) in [6.45, 7) is 5.51. The van der Waals surface area contributed by atoms with Crippen LogP contribution in [0.2, 0.25) is 0 Å². The van der Waals surface area contributed by atoms with E-state index < -0.39 is 12.1 Å². The van der Waals surface area contributed by atoms with Crippen LogP contribution in [-0.4, -0.2) is 45.2 Å². The molecular formula is C19H24FN5O2. The van der Waals surface area contributed by atoms with E-state index in [-0.39, 0.29) is 11.2 Å². The van der Waals surface area contributed by atoms with Crippen molar-refractivity contribution in [2.75, 3.05) is 18.4 Å². The number of nitrogens with one attached hydrogen (secondary N) is 1. The minimum Gasteiger partial charge on any atom is -0.370 e. The number of aromatic nitrogens is 2. The third kappa shape index (κ3) is 4.40. The van der Waals surface area contributed by atoms with Crippen LogP contribution in [0.4, 0.5) is 10.3 Å². The Hall–Kier alpha value is -2.58. The first-order valence-electron chi connectivity index (χ1n) is 8.82. The van der Waals surface area contributed by atoms with Gasteiger partial charge in [-0.15, -0.1) is 0 Å². The molecule has 0 saturated carbocycles. The second-order valence-corrected chi connectivity index (χ2v) is 7.41. The molecule has 3 rings (SSSR count). The number of rotatable bonds is 6. The summed E-state index contributed by atoms with van der Waals surface area (Å²) in [6.07, 6.45) is 1.09. The molecule has 4 N–H and O–H groups in total. The highest BCUT2D eigenvalue weighted by Gasteiger charge is 2.27. The zero-order valence-corrected chi connectivity index (χ0v) is 15.4. The molecular weight excluding hydrogens is 349 g/mol. The number of hydrogen-bond donors (Lipinski definition) is 3. The van der Waals surface area contributed by atoms with Gasteiger partial charge in [0, 0.05) is 31.2 Å². The highest BCUT2D eigenvalue weighted by Crippen LogP contribution is 2.24. The lowest BCUT2D eigenvalue weighted by atomic mass is 9.84. The zero-order chi connectivity index (χ0) is 19.6. The summed E-state index contributed by atoms with van der Waals surface area (Å²) >= 11 is 0. The number of primary amides is 1. The van der Waals surface area contributed by atoms with Crippen LogP contribution >= 0.6 is 0 Å². The molecule has 144 valence electrons. The van der Waals surface area contributed by atoms with Gasteiger partial charge in [-0.3, -0.25) is 9.69 Å². The number of aliphatic hydroxyl groups excluding tert-OH is 1. The van der Waals surface area contributed by atoms with Crippen molar-refractivity contribution in [1.29, 1.82) is 0 Å². The molecule has 0 saturated heterocycles. The summed E-state index contributed by atoms with van der Waals surface area (Å²) in [6, 6.07) is 6.44. The molecule has 0 bridgehead atoms. The van der Waals surface area contributed by atoms with Crippen molar-refractivity contribution in [3.63, 3.8) is 0 Å². The van der Waals surface area contributed by atoms with Crippen molar-refractivity contribution in [3.8, 4) is 0 Å². The van der Waals surface area contributed by atoms with Gasteiger partial charge in [0.1, 0.15) is 5.82 Å². The SMILES string of the molecule is CC(C)(CNc1ncc2c(n1)CN(C(O)C(N)=O)CC2)c1ccc(F)cc1. The monoisotopic (exact) mass is 373 g/mol. The van der Waals surface area contributed by atoms with E-state index in [4.69, 9.17) is 5.73 Å². The lowest BCUT2D eigenvalue weighted by Gasteiger charge is -2.30. The maximum Gasteiger partial charge on any atom is 0.261 e. The molecule has 2 heterocycles. The molecule has 7 nitrogen and oxygen atoms in total. The molecule has 1 unspecified atom stereocenters. The Labute approximate surface area is 157 Å². The molecule has 1 aromatic heterocycles. The summed E-state index contributed by atoms with van der Waals surface area (Å²) in [5.74, 6) is -0.561. The van der Waals surface area contributed by atoms with Gasteiger partial charge in [-0.2, -0.15) is 0 Å². The summed E-state index contributed by atoms with van der Waals surface area (Å²) in [4.78, 5) is 21.7. The van der Waals surface area contributed by atoms with Gasteiger partial charge in [-0.05, 0) is 29.7 Å². The van der Waals surface area contributed by atoms with Crippen LogP contribution in [0.1, 0.15) is 30.7 Å². The fourth-order valence-corrected chi connectivity index (χ4v) is 3.10. The molecule has 0 aliphatic carbocycles. The van der Waals surface area contributed by atoms with Crippen molar-refractivity contribution >= 4 is 11.9 Å². The number of anilines is 1. The molecule has 8 heteroatoms. The fourth-order valence-electron chi connectivity index (χ4n) is 3.10. The van der Waals surface area contributed by atoms with E-state index in [9.17, 15) is 14.3 Å². The number of benzene rings is 1. The Morgan fingerprint density at radius 2 is 2.11 bits per heavy atom. The van der Waals surface area contributed by atoms with Gasteiger partial charge in [-0.25, -0.2) is 14.4 Å². The first-order chi connectivity index (χ1) is 12.8. The Morgan fingerprint density at radius 1 is 1.41 bits per heavy atom. The van der Waals surface area contributed by atoms with E-state index in [1.165, 1.54) is 12.1 Å². The summed E-state index contributed by atoms with van der Waals surface area (Å²) in [5, 5.41) is 13.1. The first-order valence-corrected chi connectivity index (χ1v) is 8.82. The van der Waals surface area contributed by atoms with Crippen LogP contribution in [0, 0.1) is 5.82 Å².